The van der Waals surface area contributed by atoms with Crippen LogP contribution in [0.5, 0.6) is 0 Å². The van der Waals surface area contributed by atoms with Gasteiger partial charge in [-0.25, -0.2) is 9.37 Å². The summed E-state index contributed by atoms with van der Waals surface area (Å²) in [7, 11) is 0. The van der Waals surface area contributed by atoms with Crippen LogP contribution in [0.25, 0.3) is 0 Å². The Bertz CT molecular complexity index is 700. The molecule has 3 heterocycles. The molecule has 9 heteroatoms. The minimum absolute atomic E-state index is 0.160. The van der Waals surface area contributed by atoms with Crippen molar-refractivity contribution in [2.45, 2.75) is 12.3 Å². The van der Waals surface area contributed by atoms with Crippen molar-refractivity contribution in [1.29, 1.82) is 0 Å². The molecule has 1 fully saturated rings. The summed E-state index contributed by atoms with van der Waals surface area (Å²) in [5.41, 5.74) is -0.380. The molecule has 0 unspecified atom stereocenters. The number of hydrogen-bond donors (Lipinski definition) is 2. The standard InChI is InChI=1S/C15H14F4N4O/c16-11-5-10(7-22-14(11)12-8-20-3-4-24-12)23-13-2-1-9(6-21-13)15(17,18)19/h1-2,5-7,12,20H,3-4,8H2,(H,21,23)/t12-/m1/s1. The highest BCUT2D eigenvalue weighted by Crippen LogP contribution is 2.29. The molecule has 2 N–H and O–H groups in total. The Morgan fingerprint density at radius 1 is 1.21 bits per heavy atom. The summed E-state index contributed by atoms with van der Waals surface area (Å²) in [5.74, 6) is -0.395. The first-order valence-electron chi connectivity index (χ1n) is 7.21. The molecule has 0 aliphatic carbocycles. The minimum Gasteiger partial charge on any atom is -0.369 e. The van der Waals surface area contributed by atoms with Crippen molar-refractivity contribution in [3.05, 3.63) is 47.7 Å². The number of ether oxygens (including phenoxy) is 1. The molecule has 1 atom stereocenters. The van der Waals surface area contributed by atoms with Crippen LogP contribution in [0.2, 0.25) is 0 Å². The van der Waals surface area contributed by atoms with Crippen molar-refractivity contribution in [1.82, 2.24) is 15.3 Å². The Kier molecular flexibility index (Phi) is 4.63. The van der Waals surface area contributed by atoms with Gasteiger partial charge in [-0.2, -0.15) is 13.2 Å². The van der Waals surface area contributed by atoms with Crippen LogP contribution in [-0.4, -0.2) is 29.7 Å². The zero-order valence-electron chi connectivity index (χ0n) is 12.4. The van der Waals surface area contributed by atoms with Gasteiger partial charge in [0.05, 0.1) is 24.1 Å². The Morgan fingerprint density at radius 2 is 2.04 bits per heavy atom. The van der Waals surface area contributed by atoms with Crippen LogP contribution < -0.4 is 10.6 Å². The maximum absolute atomic E-state index is 14.2. The molecule has 3 rings (SSSR count). The van der Waals surface area contributed by atoms with E-state index in [0.717, 1.165) is 6.07 Å². The fraction of sp³-hybridized carbons (Fsp3) is 0.333. The Balaban J connectivity index is 1.72. The molecule has 24 heavy (non-hydrogen) atoms. The van der Waals surface area contributed by atoms with Crippen LogP contribution in [0, 0.1) is 5.82 Å². The monoisotopic (exact) mass is 342 g/mol. The van der Waals surface area contributed by atoms with Crippen molar-refractivity contribution >= 4 is 11.5 Å². The zero-order valence-corrected chi connectivity index (χ0v) is 12.4. The van der Waals surface area contributed by atoms with Crippen LogP contribution in [0.4, 0.5) is 29.1 Å². The second-order valence-electron chi connectivity index (χ2n) is 5.21. The molecule has 0 bridgehead atoms. The van der Waals surface area contributed by atoms with Crippen LogP contribution in [0.3, 0.4) is 0 Å². The fourth-order valence-corrected chi connectivity index (χ4v) is 2.28. The van der Waals surface area contributed by atoms with Crippen molar-refractivity contribution in [3.63, 3.8) is 0 Å². The van der Waals surface area contributed by atoms with Gasteiger partial charge in [0, 0.05) is 25.4 Å². The summed E-state index contributed by atoms with van der Waals surface area (Å²) in [5, 5.41) is 5.80. The molecule has 0 saturated carbocycles. The highest BCUT2D eigenvalue weighted by molar-refractivity contribution is 5.55. The first-order chi connectivity index (χ1) is 11.4. The van der Waals surface area contributed by atoms with E-state index in [-0.39, 0.29) is 17.2 Å². The van der Waals surface area contributed by atoms with Crippen LogP contribution in [0.15, 0.2) is 30.6 Å². The molecule has 0 radical (unpaired) electrons. The highest BCUT2D eigenvalue weighted by atomic mass is 19.4. The van der Waals surface area contributed by atoms with E-state index >= 15 is 0 Å². The van der Waals surface area contributed by atoms with E-state index in [0.29, 0.717) is 25.9 Å². The van der Waals surface area contributed by atoms with Gasteiger partial charge in [0.15, 0.2) is 0 Å². The molecule has 0 aromatic carbocycles. The SMILES string of the molecule is Fc1cc(Nc2ccc(C(F)(F)F)cn2)cnc1[C@H]1CNCCO1. The predicted octanol–water partition coefficient (Wildman–Crippen LogP) is 3.04. The first-order valence-corrected chi connectivity index (χ1v) is 7.21. The van der Waals surface area contributed by atoms with Gasteiger partial charge in [-0.3, -0.25) is 4.98 Å². The number of pyridine rings is 2. The molecular formula is C15H14F4N4O. The van der Waals surface area contributed by atoms with Crippen molar-refractivity contribution in [2.24, 2.45) is 0 Å². The Hall–Kier alpha value is -2.26. The Labute approximate surface area is 135 Å². The quantitative estimate of drug-likeness (QED) is 0.840. The van der Waals surface area contributed by atoms with E-state index in [1.807, 2.05) is 0 Å². The average Bonchev–Trinajstić information content (AvgIpc) is 2.55. The fourth-order valence-electron chi connectivity index (χ4n) is 2.28. The molecule has 2 aromatic rings. The van der Waals surface area contributed by atoms with Gasteiger partial charge >= 0.3 is 6.18 Å². The number of morpholine rings is 1. The third-order valence-electron chi connectivity index (χ3n) is 3.47. The number of aromatic nitrogens is 2. The van der Waals surface area contributed by atoms with Gasteiger partial charge in [0.25, 0.3) is 0 Å². The molecule has 1 aliphatic heterocycles. The first kappa shape index (κ1) is 16.6. The third kappa shape index (κ3) is 3.80. The second kappa shape index (κ2) is 6.70. The van der Waals surface area contributed by atoms with E-state index in [2.05, 4.69) is 20.6 Å². The summed E-state index contributed by atoms with van der Waals surface area (Å²) in [4.78, 5) is 7.71. The number of rotatable bonds is 3. The number of hydrogen-bond acceptors (Lipinski definition) is 5. The van der Waals surface area contributed by atoms with E-state index < -0.39 is 23.7 Å². The largest absolute Gasteiger partial charge is 0.417 e. The molecular weight excluding hydrogens is 328 g/mol. The molecule has 2 aromatic heterocycles. The maximum atomic E-state index is 14.2. The third-order valence-corrected chi connectivity index (χ3v) is 3.47. The van der Waals surface area contributed by atoms with Crippen molar-refractivity contribution in [3.8, 4) is 0 Å². The maximum Gasteiger partial charge on any atom is 0.417 e. The number of alkyl halides is 3. The van der Waals surface area contributed by atoms with E-state index in [4.69, 9.17) is 4.74 Å². The van der Waals surface area contributed by atoms with Gasteiger partial charge in [0.2, 0.25) is 0 Å². The second-order valence-corrected chi connectivity index (χ2v) is 5.21. The van der Waals surface area contributed by atoms with E-state index in [1.165, 1.54) is 18.3 Å². The zero-order chi connectivity index (χ0) is 17.2. The number of halogens is 4. The summed E-state index contributed by atoms with van der Waals surface area (Å²) in [6.45, 7) is 1.65. The van der Waals surface area contributed by atoms with Crippen molar-refractivity contribution in [2.75, 3.05) is 25.0 Å². The lowest BCUT2D eigenvalue weighted by molar-refractivity contribution is -0.137. The minimum atomic E-state index is -4.45. The summed E-state index contributed by atoms with van der Waals surface area (Å²) in [6.07, 6.45) is -2.82. The topological polar surface area (TPSA) is 59.1 Å². The van der Waals surface area contributed by atoms with Gasteiger partial charge in [-0.05, 0) is 12.1 Å². The average molecular weight is 342 g/mol. The number of nitrogens with zero attached hydrogens (tertiary/aromatic N) is 2. The summed E-state index contributed by atoms with van der Waals surface area (Å²) < 4.78 is 57.1. The lowest BCUT2D eigenvalue weighted by Crippen LogP contribution is -2.34. The lowest BCUT2D eigenvalue weighted by atomic mass is 10.2. The molecule has 0 spiro atoms. The molecule has 1 saturated heterocycles. The number of anilines is 2. The van der Waals surface area contributed by atoms with Crippen LogP contribution >= 0.6 is 0 Å². The summed E-state index contributed by atoms with van der Waals surface area (Å²) in [6, 6.07) is 3.28. The molecule has 0 amide bonds. The molecule has 1 aliphatic rings. The molecule has 5 nitrogen and oxygen atoms in total. The normalized spacial score (nSPS) is 18.4. The molecule has 128 valence electrons. The van der Waals surface area contributed by atoms with E-state index in [1.54, 1.807) is 0 Å². The van der Waals surface area contributed by atoms with Gasteiger partial charge in [0.1, 0.15) is 23.4 Å². The predicted molar refractivity (Wildman–Crippen MR) is 78.3 cm³/mol. The van der Waals surface area contributed by atoms with Crippen molar-refractivity contribution < 1.29 is 22.3 Å². The number of nitrogens with one attached hydrogen (secondary N) is 2. The van der Waals surface area contributed by atoms with E-state index in [9.17, 15) is 17.6 Å². The summed E-state index contributed by atoms with van der Waals surface area (Å²) >= 11 is 0. The van der Waals surface area contributed by atoms with Crippen LogP contribution in [-0.2, 0) is 10.9 Å². The highest BCUT2D eigenvalue weighted by Gasteiger charge is 2.30. The van der Waals surface area contributed by atoms with Gasteiger partial charge in [-0.15, -0.1) is 0 Å². The van der Waals surface area contributed by atoms with Gasteiger partial charge < -0.3 is 15.4 Å². The Morgan fingerprint density at radius 3 is 2.62 bits per heavy atom. The lowest BCUT2D eigenvalue weighted by Gasteiger charge is -2.23. The van der Waals surface area contributed by atoms with Crippen LogP contribution in [0.1, 0.15) is 17.4 Å². The smallest absolute Gasteiger partial charge is 0.369 e. The van der Waals surface area contributed by atoms with Gasteiger partial charge in [-0.1, -0.05) is 0 Å².